The third kappa shape index (κ3) is 7.35. The van der Waals surface area contributed by atoms with Crippen LogP contribution in [0.15, 0.2) is 41.4 Å². The van der Waals surface area contributed by atoms with Crippen LogP contribution in [0, 0.1) is 6.92 Å². The van der Waals surface area contributed by atoms with Gasteiger partial charge in [-0.2, -0.15) is 0 Å². The van der Waals surface area contributed by atoms with Gasteiger partial charge in [-0.25, -0.2) is 15.3 Å². The molecule has 2 heterocycles. The molecule has 9 nitrogen and oxygen atoms in total. The van der Waals surface area contributed by atoms with Crippen molar-refractivity contribution in [3.05, 3.63) is 53.1 Å². The second-order valence-electron chi connectivity index (χ2n) is 7.93. The summed E-state index contributed by atoms with van der Waals surface area (Å²) in [7, 11) is 4.77. The number of hydroxylamine groups is 1. The van der Waals surface area contributed by atoms with E-state index >= 15 is 0 Å². The number of nitrogens with zero attached hydrogens (tertiary/aromatic N) is 2. The molecule has 3 unspecified atom stereocenters. The van der Waals surface area contributed by atoms with E-state index in [0.717, 1.165) is 48.7 Å². The molecule has 0 radical (unpaired) electrons. The zero-order valence-corrected chi connectivity index (χ0v) is 23.4. The molecule has 0 aliphatic carbocycles. The summed E-state index contributed by atoms with van der Waals surface area (Å²) in [6.45, 7) is 13.1. The van der Waals surface area contributed by atoms with Crippen molar-refractivity contribution in [2.75, 3.05) is 52.5 Å². The van der Waals surface area contributed by atoms with Crippen molar-refractivity contribution in [1.29, 1.82) is 0 Å². The highest BCUT2D eigenvalue weighted by Crippen LogP contribution is 2.35. The quantitative estimate of drug-likeness (QED) is 0.526. The predicted molar refractivity (Wildman–Crippen MR) is 147 cm³/mol. The fourth-order valence-electron chi connectivity index (χ4n) is 4.11. The fourth-order valence-corrected chi connectivity index (χ4v) is 4.11. The normalized spacial score (nSPS) is 18.2. The summed E-state index contributed by atoms with van der Waals surface area (Å²) in [5.41, 5.74) is 6.35. The van der Waals surface area contributed by atoms with Crippen LogP contribution in [0.5, 0.6) is 11.5 Å². The van der Waals surface area contributed by atoms with Crippen molar-refractivity contribution in [1.82, 2.24) is 5.48 Å². The molecule has 2 N–H and O–H groups in total. The van der Waals surface area contributed by atoms with Crippen LogP contribution in [0.25, 0.3) is 0 Å². The van der Waals surface area contributed by atoms with Crippen LogP contribution in [0.2, 0.25) is 0 Å². The molecule has 2 aromatic carbocycles. The first-order chi connectivity index (χ1) is 18.0. The number of amidine groups is 1. The lowest BCUT2D eigenvalue weighted by Crippen LogP contribution is -2.37. The third-order valence-electron chi connectivity index (χ3n) is 6.01. The summed E-state index contributed by atoms with van der Waals surface area (Å²) in [5.74, 6) is 1.64. The van der Waals surface area contributed by atoms with Gasteiger partial charge in [0.25, 0.3) is 0 Å². The highest BCUT2D eigenvalue weighted by molar-refractivity contribution is 5.87. The van der Waals surface area contributed by atoms with Crippen LogP contribution in [0.4, 0.5) is 5.69 Å². The molecule has 2 aliphatic rings. The Kier molecular flexibility index (Phi) is 12.7. The van der Waals surface area contributed by atoms with Crippen LogP contribution in [-0.4, -0.2) is 64.7 Å². The molecule has 0 bridgehead atoms. The summed E-state index contributed by atoms with van der Waals surface area (Å²) >= 11 is 0. The Morgan fingerprint density at radius 3 is 2.05 bits per heavy atom. The minimum atomic E-state index is -1.04. The molecule has 0 aromatic heterocycles. The van der Waals surface area contributed by atoms with E-state index in [4.69, 9.17) is 23.8 Å². The maximum Gasteiger partial charge on any atom is 0.202 e. The van der Waals surface area contributed by atoms with Gasteiger partial charge in [0.05, 0.1) is 27.4 Å². The average Bonchev–Trinajstić information content (AvgIpc) is 3.47. The first-order valence-electron chi connectivity index (χ1n) is 12.9. The molecule has 2 aromatic rings. The van der Waals surface area contributed by atoms with Gasteiger partial charge in [-0.1, -0.05) is 39.8 Å². The van der Waals surface area contributed by atoms with E-state index < -0.39 is 18.4 Å². The predicted octanol–water partition coefficient (Wildman–Crippen LogP) is 4.58. The van der Waals surface area contributed by atoms with Crippen molar-refractivity contribution in [2.45, 2.75) is 53.1 Å². The second kappa shape index (κ2) is 15.4. The Morgan fingerprint density at radius 1 is 0.973 bits per heavy atom. The lowest BCUT2D eigenvalue weighted by molar-refractivity contribution is 0.00666. The number of nitrogens with one attached hydrogen (secondary N) is 1. The molecule has 1 saturated heterocycles. The van der Waals surface area contributed by atoms with Gasteiger partial charge in [-0.3, -0.25) is 0 Å². The minimum Gasteiger partial charge on any atom is -0.496 e. The van der Waals surface area contributed by atoms with Gasteiger partial charge in [0.1, 0.15) is 23.7 Å². The smallest absolute Gasteiger partial charge is 0.202 e. The summed E-state index contributed by atoms with van der Waals surface area (Å²) in [4.78, 5) is 12.5. The molecule has 0 amide bonds. The summed E-state index contributed by atoms with van der Waals surface area (Å²) in [5, 5.41) is 11.0. The third-order valence-corrected chi connectivity index (χ3v) is 6.01. The second-order valence-corrected chi connectivity index (χ2v) is 7.93. The zero-order valence-electron chi connectivity index (χ0n) is 23.4. The summed E-state index contributed by atoms with van der Waals surface area (Å²) in [6.07, 6.45) is -2.30. The van der Waals surface area contributed by atoms with Gasteiger partial charge in [0, 0.05) is 37.0 Å². The zero-order chi connectivity index (χ0) is 27.4. The van der Waals surface area contributed by atoms with E-state index in [1.54, 1.807) is 21.3 Å². The number of hydrogen-bond donors (Lipinski definition) is 2. The number of aliphatic hydroxyl groups is 1. The monoisotopic (exact) mass is 517 g/mol. The number of anilines is 1. The largest absolute Gasteiger partial charge is 0.496 e. The van der Waals surface area contributed by atoms with Gasteiger partial charge < -0.3 is 29.0 Å². The Morgan fingerprint density at radius 2 is 1.54 bits per heavy atom. The van der Waals surface area contributed by atoms with Crippen molar-refractivity contribution in [3.8, 4) is 11.5 Å². The van der Waals surface area contributed by atoms with Crippen LogP contribution >= 0.6 is 0 Å². The number of hydrogen-bond acceptors (Lipinski definition) is 9. The SMILES string of the molecule is CC.CC.COc1cc(C2N=C(C(O)C(OC)c3ccc(N4CCOCC4)cc3)NO2)cc(OC)c1C. The number of aliphatic imine (C=N–C) groups is 1. The minimum absolute atomic E-state index is 0.294. The van der Waals surface area contributed by atoms with Gasteiger partial charge >= 0.3 is 0 Å². The van der Waals surface area contributed by atoms with Gasteiger partial charge in [0.2, 0.25) is 6.23 Å². The van der Waals surface area contributed by atoms with E-state index in [1.807, 2.05) is 71.0 Å². The van der Waals surface area contributed by atoms with Crippen LogP contribution < -0.4 is 19.9 Å². The summed E-state index contributed by atoms with van der Waals surface area (Å²) in [6, 6.07) is 11.7. The van der Waals surface area contributed by atoms with Crippen molar-refractivity contribution >= 4 is 11.5 Å². The summed E-state index contributed by atoms with van der Waals surface area (Å²) < 4.78 is 21.9. The van der Waals surface area contributed by atoms with Crippen molar-refractivity contribution < 1.29 is 28.9 Å². The first kappa shape index (κ1) is 30.4. The number of morpholine rings is 1. The number of benzene rings is 2. The molecule has 3 atom stereocenters. The van der Waals surface area contributed by atoms with Crippen LogP contribution in [0.3, 0.4) is 0 Å². The number of methoxy groups -OCH3 is 3. The van der Waals surface area contributed by atoms with E-state index in [-0.39, 0.29) is 0 Å². The highest BCUT2D eigenvalue weighted by Gasteiger charge is 2.32. The van der Waals surface area contributed by atoms with Gasteiger partial charge in [-0.05, 0) is 36.8 Å². The first-order valence-corrected chi connectivity index (χ1v) is 12.9. The fraction of sp³-hybridized carbons (Fsp3) is 0.536. The molecular formula is C28H43N3O6. The molecule has 37 heavy (non-hydrogen) atoms. The lowest BCUT2D eigenvalue weighted by atomic mass is 10.0. The Hall–Kier alpha value is -2.85. The molecule has 2 aliphatic heterocycles. The van der Waals surface area contributed by atoms with E-state index in [1.165, 1.54) is 0 Å². The van der Waals surface area contributed by atoms with Crippen LogP contribution in [-0.2, 0) is 14.3 Å². The molecular weight excluding hydrogens is 474 g/mol. The maximum absolute atomic E-state index is 11.0. The molecule has 0 spiro atoms. The molecule has 0 saturated carbocycles. The highest BCUT2D eigenvalue weighted by atomic mass is 16.7. The number of rotatable bonds is 8. The maximum atomic E-state index is 11.0. The van der Waals surface area contributed by atoms with Crippen molar-refractivity contribution in [2.24, 2.45) is 4.99 Å². The Balaban J connectivity index is 0.00000115. The van der Waals surface area contributed by atoms with Gasteiger partial charge in [0.15, 0.2) is 5.84 Å². The van der Waals surface area contributed by atoms with E-state index in [2.05, 4.69) is 15.4 Å². The topological polar surface area (TPSA) is 94.0 Å². The number of aliphatic hydroxyl groups excluding tert-OH is 1. The molecule has 9 heteroatoms. The number of ether oxygens (including phenoxy) is 4. The van der Waals surface area contributed by atoms with Crippen molar-refractivity contribution in [3.63, 3.8) is 0 Å². The lowest BCUT2D eigenvalue weighted by Gasteiger charge is -2.29. The Labute approximate surface area is 221 Å². The standard InChI is InChI=1S/C24H31N3O6.2C2H6/c1-15-19(29-2)13-17(14-20(15)30-3)24-25-23(26-33-24)21(28)22(31-4)16-5-7-18(8-6-16)27-9-11-32-12-10-27;2*1-2/h5-8,13-14,21-22,24,28H,9-12H2,1-4H3,(H,25,26);2*1-2H3. The van der Waals surface area contributed by atoms with Crippen LogP contribution in [0.1, 0.15) is 56.7 Å². The van der Waals surface area contributed by atoms with Gasteiger partial charge in [-0.15, -0.1) is 0 Å². The van der Waals surface area contributed by atoms with E-state index in [0.29, 0.717) is 17.3 Å². The average molecular weight is 518 g/mol. The molecule has 206 valence electrons. The Bertz CT molecular complexity index is 951. The van der Waals surface area contributed by atoms with E-state index in [9.17, 15) is 5.11 Å². The molecule has 1 fully saturated rings. The molecule has 4 rings (SSSR count).